The maximum absolute atomic E-state index is 3.67. The summed E-state index contributed by atoms with van der Waals surface area (Å²) in [6, 6.07) is 9.23. The predicted octanol–water partition coefficient (Wildman–Crippen LogP) is 3.26. The summed E-state index contributed by atoms with van der Waals surface area (Å²) in [5.41, 5.74) is 1.62. The summed E-state index contributed by atoms with van der Waals surface area (Å²) in [5.74, 6) is 0. The van der Waals surface area contributed by atoms with Gasteiger partial charge in [0.05, 0.1) is 5.69 Å². The lowest BCUT2D eigenvalue weighted by molar-refractivity contribution is 0.285. The number of hydrogen-bond acceptors (Lipinski definition) is 2. The van der Waals surface area contributed by atoms with Crippen molar-refractivity contribution in [2.75, 3.05) is 18.0 Å². The van der Waals surface area contributed by atoms with Crippen LogP contribution in [-0.2, 0) is 0 Å². The minimum Gasteiger partial charge on any atom is -0.365 e. The second kappa shape index (κ2) is 5.14. The molecule has 1 aromatic rings. The second-order valence-corrected chi connectivity index (χ2v) is 6.39. The Morgan fingerprint density at radius 3 is 2.82 bits per heavy atom. The number of para-hydroxylation sites is 1. The molecule has 1 heterocycles. The Morgan fingerprint density at radius 1 is 1.47 bits per heavy atom. The van der Waals surface area contributed by atoms with Gasteiger partial charge in [0.2, 0.25) is 0 Å². The van der Waals surface area contributed by atoms with Crippen molar-refractivity contribution in [2.24, 2.45) is 0 Å². The van der Waals surface area contributed by atoms with Gasteiger partial charge in [-0.25, -0.2) is 0 Å². The first-order chi connectivity index (χ1) is 8.06. The van der Waals surface area contributed by atoms with E-state index < -0.39 is 0 Å². The zero-order valence-corrected chi connectivity index (χ0v) is 13.0. The number of anilines is 1. The van der Waals surface area contributed by atoms with E-state index in [2.05, 4.69) is 77.8 Å². The molecule has 2 atom stereocenters. The first-order valence-electron chi connectivity index (χ1n) is 6.32. The zero-order chi connectivity index (χ0) is 12.5. The maximum atomic E-state index is 3.67. The predicted molar refractivity (Wildman–Crippen MR) is 82.7 cm³/mol. The minimum absolute atomic E-state index is 0.241. The van der Waals surface area contributed by atoms with Crippen molar-refractivity contribution in [1.82, 2.24) is 5.32 Å². The molecule has 0 amide bonds. The Bertz CT molecular complexity index is 394. The fourth-order valence-electron chi connectivity index (χ4n) is 2.34. The monoisotopic (exact) mass is 344 g/mol. The maximum Gasteiger partial charge on any atom is 0.0505 e. The third-order valence-corrected chi connectivity index (χ3v) is 4.73. The summed E-state index contributed by atoms with van der Waals surface area (Å²) in [6.07, 6.45) is 1.17. The molecular weight excluding hydrogens is 323 g/mol. The summed E-state index contributed by atoms with van der Waals surface area (Å²) in [7, 11) is 0. The second-order valence-electron chi connectivity index (χ2n) is 5.22. The average Bonchev–Trinajstić information content (AvgIpc) is 2.34. The highest BCUT2D eigenvalue weighted by Gasteiger charge is 2.33. The summed E-state index contributed by atoms with van der Waals surface area (Å²) in [4.78, 5) is 2.54. The van der Waals surface area contributed by atoms with E-state index in [0.29, 0.717) is 6.04 Å². The molecule has 2 unspecified atom stereocenters. The van der Waals surface area contributed by atoms with Crippen LogP contribution in [0.1, 0.15) is 27.2 Å². The molecule has 1 aliphatic rings. The fourth-order valence-corrected chi connectivity index (χ4v) is 3.03. The van der Waals surface area contributed by atoms with Crippen molar-refractivity contribution >= 4 is 28.3 Å². The molecule has 94 valence electrons. The highest BCUT2D eigenvalue weighted by Crippen LogP contribution is 2.28. The molecule has 0 saturated carbocycles. The molecule has 1 saturated heterocycles. The molecule has 3 heteroatoms. The van der Waals surface area contributed by atoms with Crippen LogP contribution in [-0.4, -0.2) is 24.7 Å². The van der Waals surface area contributed by atoms with E-state index in [4.69, 9.17) is 0 Å². The molecule has 1 fully saturated rings. The van der Waals surface area contributed by atoms with E-state index >= 15 is 0 Å². The Kier molecular flexibility index (Phi) is 3.98. The zero-order valence-electron chi connectivity index (χ0n) is 10.8. The molecule has 0 spiro atoms. The highest BCUT2D eigenvalue weighted by molar-refractivity contribution is 14.1. The molecule has 17 heavy (non-hydrogen) atoms. The lowest BCUT2D eigenvalue weighted by atomic mass is 9.93. The standard InChI is InChI=1S/C14H21IN2/c1-4-14(3)10-17(11(2)9-16-14)13-8-6-5-7-12(13)15/h5-8,11,16H,4,9-10H2,1-3H3. The number of halogens is 1. The molecule has 1 aliphatic heterocycles. The third kappa shape index (κ3) is 2.76. The lowest BCUT2D eigenvalue weighted by Crippen LogP contribution is -2.62. The van der Waals surface area contributed by atoms with Gasteiger partial charge >= 0.3 is 0 Å². The van der Waals surface area contributed by atoms with Crippen LogP contribution in [0.4, 0.5) is 5.69 Å². The van der Waals surface area contributed by atoms with Crippen LogP contribution >= 0.6 is 22.6 Å². The number of benzene rings is 1. The van der Waals surface area contributed by atoms with Gasteiger partial charge < -0.3 is 10.2 Å². The number of hydrogen-bond donors (Lipinski definition) is 1. The average molecular weight is 344 g/mol. The lowest BCUT2D eigenvalue weighted by Gasteiger charge is -2.46. The largest absolute Gasteiger partial charge is 0.365 e. The number of nitrogens with zero attached hydrogens (tertiary/aromatic N) is 1. The van der Waals surface area contributed by atoms with Crippen molar-refractivity contribution in [1.29, 1.82) is 0 Å². The Morgan fingerprint density at radius 2 is 2.18 bits per heavy atom. The van der Waals surface area contributed by atoms with Gasteiger partial charge in [-0.15, -0.1) is 0 Å². The highest BCUT2D eigenvalue weighted by atomic mass is 127. The van der Waals surface area contributed by atoms with Crippen LogP contribution in [0.15, 0.2) is 24.3 Å². The molecular formula is C14H21IN2. The molecule has 1 aromatic carbocycles. The van der Waals surface area contributed by atoms with Gasteiger partial charge in [-0.1, -0.05) is 19.1 Å². The molecule has 0 aliphatic carbocycles. The molecule has 2 nitrogen and oxygen atoms in total. The minimum atomic E-state index is 0.241. The van der Waals surface area contributed by atoms with Crippen LogP contribution < -0.4 is 10.2 Å². The molecule has 0 bridgehead atoms. The first kappa shape index (κ1) is 13.1. The molecule has 1 N–H and O–H groups in total. The number of rotatable bonds is 2. The normalized spacial score (nSPS) is 29.4. The van der Waals surface area contributed by atoms with Gasteiger partial charge in [-0.2, -0.15) is 0 Å². The van der Waals surface area contributed by atoms with Crippen molar-refractivity contribution in [3.05, 3.63) is 27.8 Å². The van der Waals surface area contributed by atoms with Crippen molar-refractivity contribution in [3.8, 4) is 0 Å². The van der Waals surface area contributed by atoms with Crippen LogP contribution in [0, 0.1) is 3.57 Å². The van der Waals surface area contributed by atoms with E-state index in [1.54, 1.807) is 0 Å². The van der Waals surface area contributed by atoms with Crippen LogP contribution in [0.2, 0.25) is 0 Å². The van der Waals surface area contributed by atoms with Crippen LogP contribution in [0.5, 0.6) is 0 Å². The van der Waals surface area contributed by atoms with E-state index in [1.807, 2.05) is 0 Å². The summed E-state index contributed by atoms with van der Waals surface area (Å²) >= 11 is 2.43. The van der Waals surface area contributed by atoms with Crippen LogP contribution in [0.25, 0.3) is 0 Å². The molecule has 0 aromatic heterocycles. The summed E-state index contributed by atoms with van der Waals surface area (Å²) in [5, 5.41) is 3.67. The van der Waals surface area contributed by atoms with Crippen LogP contribution in [0.3, 0.4) is 0 Å². The van der Waals surface area contributed by atoms with Gasteiger partial charge in [0, 0.05) is 28.2 Å². The fraction of sp³-hybridized carbons (Fsp3) is 0.571. The molecule has 0 radical (unpaired) electrons. The Hall–Kier alpha value is -0.290. The number of piperazine rings is 1. The third-order valence-electron chi connectivity index (χ3n) is 3.82. The van der Waals surface area contributed by atoms with Gasteiger partial charge in [0.25, 0.3) is 0 Å². The van der Waals surface area contributed by atoms with Gasteiger partial charge in [0.1, 0.15) is 0 Å². The topological polar surface area (TPSA) is 15.3 Å². The quantitative estimate of drug-likeness (QED) is 0.829. The van der Waals surface area contributed by atoms with Crippen molar-refractivity contribution in [3.63, 3.8) is 0 Å². The Labute approximate surface area is 118 Å². The van der Waals surface area contributed by atoms with Gasteiger partial charge in [-0.3, -0.25) is 0 Å². The van der Waals surface area contributed by atoms with Crippen molar-refractivity contribution in [2.45, 2.75) is 38.8 Å². The van der Waals surface area contributed by atoms with Gasteiger partial charge in [0.15, 0.2) is 0 Å². The SMILES string of the molecule is CCC1(C)CN(c2ccccc2I)C(C)CN1. The van der Waals surface area contributed by atoms with Crippen molar-refractivity contribution < 1.29 is 0 Å². The smallest absolute Gasteiger partial charge is 0.0505 e. The Balaban J connectivity index is 2.27. The van der Waals surface area contributed by atoms with E-state index in [0.717, 1.165) is 13.1 Å². The van der Waals surface area contributed by atoms with E-state index in [1.165, 1.54) is 15.7 Å². The van der Waals surface area contributed by atoms with E-state index in [9.17, 15) is 0 Å². The summed E-state index contributed by atoms with van der Waals surface area (Å²) in [6.45, 7) is 9.03. The van der Waals surface area contributed by atoms with Gasteiger partial charge in [-0.05, 0) is 55.0 Å². The van der Waals surface area contributed by atoms with E-state index in [-0.39, 0.29) is 5.54 Å². The summed E-state index contributed by atoms with van der Waals surface area (Å²) < 4.78 is 1.34. The number of nitrogens with one attached hydrogen (secondary N) is 1. The first-order valence-corrected chi connectivity index (χ1v) is 7.40. The molecule has 2 rings (SSSR count).